The second kappa shape index (κ2) is 9.01. The van der Waals surface area contributed by atoms with E-state index in [9.17, 15) is 4.79 Å². The molecule has 6 nitrogen and oxygen atoms in total. The second-order valence-electron chi connectivity index (χ2n) is 6.66. The maximum absolute atomic E-state index is 12.2. The van der Waals surface area contributed by atoms with Gasteiger partial charge in [0.2, 0.25) is 5.91 Å². The monoisotopic (exact) mass is 334 g/mol. The van der Waals surface area contributed by atoms with E-state index in [-0.39, 0.29) is 11.9 Å². The summed E-state index contributed by atoms with van der Waals surface area (Å²) in [5.41, 5.74) is 0.714. The fourth-order valence-corrected chi connectivity index (χ4v) is 2.96. The molecular weight excluding hydrogens is 304 g/mol. The van der Waals surface area contributed by atoms with Crippen molar-refractivity contribution >= 4 is 11.6 Å². The molecule has 1 aliphatic heterocycles. The Labute approximate surface area is 145 Å². The molecule has 0 spiro atoms. The summed E-state index contributed by atoms with van der Waals surface area (Å²) in [6.07, 6.45) is 0.435. The average Bonchev–Trinajstić information content (AvgIpc) is 2.56. The quantitative estimate of drug-likeness (QED) is 0.786. The van der Waals surface area contributed by atoms with Crippen LogP contribution in [0.25, 0.3) is 0 Å². The molecule has 134 valence electrons. The van der Waals surface area contributed by atoms with Crippen LogP contribution in [0, 0.1) is 0 Å². The smallest absolute Gasteiger partial charge is 0.226 e. The van der Waals surface area contributed by atoms with Crippen molar-refractivity contribution < 1.29 is 9.53 Å². The molecule has 1 aliphatic rings. The highest BCUT2D eigenvalue weighted by Gasteiger charge is 2.22. The first-order valence-corrected chi connectivity index (χ1v) is 8.54. The van der Waals surface area contributed by atoms with Gasteiger partial charge in [0.25, 0.3) is 0 Å². The van der Waals surface area contributed by atoms with Crippen LogP contribution in [0.4, 0.5) is 5.69 Å². The molecule has 0 radical (unpaired) electrons. The van der Waals surface area contributed by atoms with Crippen LogP contribution in [-0.2, 0) is 4.79 Å². The van der Waals surface area contributed by atoms with Crippen molar-refractivity contribution in [3.8, 4) is 5.75 Å². The molecule has 1 aromatic carbocycles. The standard InChI is InChI=1S/C18H30N4O2/c1-14(19-12-15-13-21(2)9-10-22(15)3)11-18(23)20-16-7-5-6-8-17(16)24-4/h5-8,14-15,19H,9-13H2,1-4H3,(H,20,23)/t14-,15-/m0/s1. The van der Waals surface area contributed by atoms with Crippen molar-refractivity contribution in [3.63, 3.8) is 0 Å². The van der Waals surface area contributed by atoms with E-state index in [2.05, 4.69) is 34.5 Å². The first kappa shape index (κ1) is 18.7. The minimum absolute atomic E-state index is 0.00591. The van der Waals surface area contributed by atoms with Crippen molar-refractivity contribution in [3.05, 3.63) is 24.3 Å². The third-order valence-electron chi connectivity index (χ3n) is 4.55. The van der Waals surface area contributed by atoms with Crippen LogP contribution in [0.2, 0.25) is 0 Å². The molecule has 0 aromatic heterocycles. The summed E-state index contributed by atoms with van der Waals surface area (Å²) in [5.74, 6) is 0.673. The maximum atomic E-state index is 12.2. The molecule has 24 heavy (non-hydrogen) atoms. The minimum atomic E-state index is -0.00591. The number of methoxy groups -OCH3 is 1. The predicted octanol–water partition coefficient (Wildman–Crippen LogP) is 1.25. The van der Waals surface area contributed by atoms with Gasteiger partial charge in [-0.15, -0.1) is 0 Å². The highest BCUT2D eigenvalue weighted by Crippen LogP contribution is 2.23. The first-order chi connectivity index (χ1) is 11.5. The minimum Gasteiger partial charge on any atom is -0.495 e. The molecule has 1 aromatic rings. The largest absolute Gasteiger partial charge is 0.495 e. The predicted molar refractivity (Wildman–Crippen MR) is 97.6 cm³/mol. The van der Waals surface area contributed by atoms with Gasteiger partial charge >= 0.3 is 0 Å². The van der Waals surface area contributed by atoms with E-state index in [1.54, 1.807) is 7.11 Å². The van der Waals surface area contributed by atoms with Gasteiger partial charge in [-0.1, -0.05) is 12.1 Å². The SMILES string of the molecule is COc1ccccc1NC(=O)C[C@H](C)NC[C@H]1CN(C)CCN1C. The van der Waals surface area contributed by atoms with Gasteiger partial charge < -0.3 is 20.3 Å². The van der Waals surface area contributed by atoms with Crippen LogP contribution in [0.15, 0.2) is 24.3 Å². The molecular formula is C18H30N4O2. The Hall–Kier alpha value is -1.63. The van der Waals surface area contributed by atoms with E-state index in [0.29, 0.717) is 23.9 Å². The Kier molecular flexibility index (Phi) is 7.02. The molecule has 0 unspecified atom stereocenters. The number of nitrogens with zero attached hydrogens (tertiary/aromatic N) is 2. The highest BCUT2D eigenvalue weighted by molar-refractivity contribution is 5.92. The number of piperazine rings is 1. The van der Waals surface area contributed by atoms with E-state index in [0.717, 1.165) is 26.2 Å². The lowest BCUT2D eigenvalue weighted by atomic mass is 10.1. The molecule has 0 saturated carbocycles. The van der Waals surface area contributed by atoms with Crippen LogP contribution in [-0.4, -0.2) is 75.2 Å². The Balaban J connectivity index is 1.77. The molecule has 1 saturated heterocycles. The van der Waals surface area contributed by atoms with Crippen molar-refractivity contribution in [1.29, 1.82) is 0 Å². The van der Waals surface area contributed by atoms with Gasteiger partial charge in [0.1, 0.15) is 5.75 Å². The topological polar surface area (TPSA) is 56.8 Å². The molecule has 2 atom stereocenters. The van der Waals surface area contributed by atoms with Gasteiger partial charge in [0.05, 0.1) is 12.8 Å². The Morgan fingerprint density at radius 1 is 1.33 bits per heavy atom. The zero-order chi connectivity index (χ0) is 17.5. The number of ether oxygens (including phenoxy) is 1. The molecule has 0 bridgehead atoms. The normalized spacial score (nSPS) is 20.6. The maximum Gasteiger partial charge on any atom is 0.226 e. The number of benzene rings is 1. The summed E-state index contributed by atoms with van der Waals surface area (Å²) >= 11 is 0. The summed E-state index contributed by atoms with van der Waals surface area (Å²) in [6, 6.07) is 8.07. The van der Waals surface area contributed by atoms with Crippen LogP contribution >= 0.6 is 0 Å². The third kappa shape index (κ3) is 5.47. The number of likely N-dealkylation sites (N-methyl/N-ethyl adjacent to an activating group) is 2. The zero-order valence-corrected chi connectivity index (χ0v) is 15.2. The molecule has 1 heterocycles. The van der Waals surface area contributed by atoms with Crippen LogP contribution in [0.3, 0.4) is 0 Å². The number of rotatable bonds is 7. The Bertz CT molecular complexity index is 538. The van der Waals surface area contributed by atoms with Crippen LogP contribution < -0.4 is 15.4 Å². The molecule has 2 N–H and O–H groups in total. The molecule has 0 aliphatic carbocycles. The van der Waals surface area contributed by atoms with Gasteiger partial charge in [0, 0.05) is 44.7 Å². The number of carbonyl (C=O) groups is 1. The number of hydrogen-bond donors (Lipinski definition) is 2. The lowest BCUT2D eigenvalue weighted by Crippen LogP contribution is -2.54. The van der Waals surface area contributed by atoms with Gasteiger partial charge in [-0.25, -0.2) is 0 Å². The summed E-state index contributed by atoms with van der Waals surface area (Å²) in [6.45, 7) is 6.21. The molecule has 6 heteroatoms. The molecule has 1 fully saturated rings. The van der Waals surface area contributed by atoms with Crippen molar-refractivity contribution in [2.75, 3.05) is 52.7 Å². The summed E-state index contributed by atoms with van der Waals surface area (Å²) in [4.78, 5) is 17.0. The summed E-state index contributed by atoms with van der Waals surface area (Å²) in [5, 5.41) is 6.41. The molecule has 2 rings (SSSR count). The van der Waals surface area contributed by atoms with Crippen molar-refractivity contribution in [2.24, 2.45) is 0 Å². The van der Waals surface area contributed by atoms with Gasteiger partial charge in [0.15, 0.2) is 0 Å². The molecule has 1 amide bonds. The van der Waals surface area contributed by atoms with Gasteiger partial charge in [-0.05, 0) is 33.2 Å². The van der Waals surface area contributed by atoms with Crippen molar-refractivity contribution in [1.82, 2.24) is 15.1 Å². The first-order valence-electron chi connectivity index (χ1n) is 8.54. The van der Waals surface area contributed by atoms with E-state index in [4.69, 9.17) is 4.74 Å². The fourth-order valence-electron chi connectivity index (χ4n) is 2.96. The van der Waals surface area contributed by atoms with Crippen molar-refractivity contribution in [2.45, 2.75) is 25.4 Å². The third-order valence-corrected chi connectivity index (χ3v) is 4.55. The Morgan fingerprint density at radius 2 is 2.08 bits per heavy atom. The second-order valence-corrected chi connectivity index (χ2v) is 6.66. The lowest BCUT2D eigenvalue weighted by molar-refractivity contribution is -0.116. The van der Waals surface area contributed by atoms with E-state index >= 15 is 0 Å². The van der Waals surface area contributed by atoms with Gasteiger partial charge in [-0.3, -0.25) is 9.69 Å². The number of para-hydroxylation sites is 2. The van der Waals surface area contributed by atoms with E-state index in [1.165, 1.54) is 0 Å². The Morgan fingerprint density at radius 3 is 2.83 bits per heavy atom. The van der Waals surface area contributed by atoms with Crippen LogP contribution in [0.5, 0.6) is 5.75 Å². The number of nitrogens with one attached hydrogen (secondary N) is 2. The van der Waals surface area contributed by atoms with E-state index in [1.807, 2.05) is 31.2 Å². The summed E-state index contributed by atoms with van der Waals surface area (Å²) < 4.78 is 5.26. The van der Waals surface area contributed by atoms with Gasteiger partial charge in [-0.2, -0.15) is 0 Å². The zero-order valence-electron chi connectivity index (χ0n) is 15.2. The summed E-state index contributed by atoms with van der Waals surface area (Å²) in [7, 11) is 5.93. The number of carbonyl (C=O) groups excluding carboxylic acids is 1. The number of hydrogen-bond acceptors (Lipinski definition) is 5. The average molecular weight is 334 g/mol. The fraction of sp³-hybridized carbons (Fsp3) is 0.611. The number of amides is 1. The van der Waals surface area contributed by atoms with Crippen LogP contribution in [0.1, 0.15) is 13.3 Å². The van der Waals surface area contributed by atoms with E-state index < -0.39 is 0 Å². The number of anilines is 1. The highest BCUT2D eigenvalue weighted by atomic mass is 16.5. The lowest BCUT2D eigenvalue weighted by Gasteiger charge is -2.38.